The van der Waals surface area contributed by atoms with E-state index in [-0.39, 0.29) is 25.5 Å². The van der Waals surface area contributed by atoms with Crippen molar-refractivity contribution in [3.63, 3.8) is 0 Å². The zero-order valence-corrected chi connectivity index (χ0v) is 11.7. The maximum absolute atomic E-state index is 11.9. The second-order valence-electron chi connectivity index (χ2n) is 4.58. The predicted molar refractivity (Wildman–Crippen MR) is 64.5 cm³/mol. The highest BCUT2D eigenvalue weighted by molar-refractivity contribution is 5.80. The molecular weight excluding hydrogens is 274 g/mol. The van der Waals surface area contributed by atoms with Gasteiger partial charge in [-0.2, -0.15) is 4.98 Å². The number of aromatic nitrogens is 2. The third-order valence-corrected chi connectivity index (χ3v) is 2.50. The number of halogens is 2. The molecule has 6 nitrogen and oxygen atoms in total. The van der Waals surface area contributed by atoms with Gasteiger partial charge in [-0.05, 0) is 20.8 Å². The van der Waals surface area contributed by atoms with Crippen LogP contribution in [0.1, 0.15) is 32.5 Å². The Labute approximate surface area is 115 Å². The lowest BCUT2D eigenvalue weighted by molar-refractivity contribution is -0.149. The Morgan fingerprint density at radius 1 is 1.45 bits per heavy atom. The first-order valence-corrected chi connectivity index (χ1v) is 6.24. The van der Waals surface area contributed by atoms with E-state index in [4.69, 9.17) is 14.0 Å². The first-order valence-electron chi connectivity index (χ1n) is 6.24. The van der Waals surface area contributed by atoms with Gasteiger partial charge in [0.05, 0.1) is 13.2 Å². The summed E-state index contributed by atoms with van der Waals surface area (Å²) in [5.41, 5.74) is -1.05. The van der Waals surface area contributed by atoms with Gasteiger partial charge in [0, 0.05) is 6.42 Å². The molecule has 1 aromatic heterocycles. The molecule has 1 heterocycles. The van der Waals surface area contributed by atoms with Gasteiger partial charge in [-0.3, -0.25) is 4.79 Å². The molecule has 1 rings (SSSR count). The summed E-state index contributed by atoms with van der Waals surface area (Å²) in [5, 5.41) is 3.68. The van der Waals surface area contributed by atoms with Gasteiger partial charge in [0.2, 0.25) is 5.89 Å². The SMILES string of the molecule is CCOC(=O)C(C)(C)c1nc(CCOCC(F)F)no1. The van der Waals surface area contributed by atoms with Crippen LogP contribution in [0.5, 0.6) is 0 Å². The van der Waals surface area contributed by atoms with Gasteiger partial charge in [0.15, 0.2) is 5.82 Å². The molecule has 114 valence electrons. The molecule has 0 radical (unpaired) electrons. The Morgan fingerprint density at radius 3 is 2.75 bits per heavy atom. The molecule has 0 spiro atoms. The van der Waals surface area contributed by atoms with E-state index in [0.717, 1.165) is 0 Å². The first kappa shape index (κ1) is 16.5. The Balaban J connectivity index is 2.56. The number of carbonyl (C=O) groups is 1. The van der Waals surface area contributed by atoms with Crippen molar-refractivity contribution in [2.24, 2.45) is 0 Å². The number of hydrogen-bond donors (Lipinski definition) is 0. The highest BCUT2D eigenvalue weighted by Gasteiger charge is 2.37. The van der Waals surface area contributed by atoms with Gasteiger partial charge in [0.25, 0.3) is 6.43 Å². The quantitative estimate of drug-likeness (QED) is 0.536. The van der Waals surface area contributed by atoms with E-state index >= 15 is 0 Å². The Morgan fingerprint density at radius 2 is 2.15 bits per heavy atom. The lowest BCUT2D eigenvalue weighted by Gasteiger charge is -2.16. The van der Waals surface area contributed by atoms with Gasteiger partial charge >= 0.3 is 5.97 Å². The van der Waals surface area contributed by atoms with Crippen LogP contribution in [0, 0.1) is 0 Å². The van der Waals surface area contributed by atoms with Crippen LogP contribution in [0.25, 0.3) is 0 Å². The molecular formula is C12H18F2N2O4. The summed E-state index contributed by atoms with van der Waals surface area (Å²) in [5.74, 6) is -0.0457. The number of alkyl halides is 2. The summed E-state index contributed by atoms with van der Waals surface area (Å²) in [7, 11) is 0. The van der Waals surface area contributed by atoms with E-state index in [2.05, 4.69) is 10.1 Å². The largest absolute Gasteiger partial charge is 0.465 e. The van der Waals surface area contributed by atoms with Gasteiger partial charge in [-0.15, -0.1) is 0 Å². The van der Waals surface area contributed by atoms with Crippen molar-refractivity contribution in [2.75, 3.05) is 19.8 Å². The number of carbonyl (C=O) groups excluding carboxylic acids is 1. The molecule has 0 saturated carbocycles. The summed E-state index contributed by atoms with van der Waals surface area (Å²) in [6.07, 6.45) is -2.27. The average Bonchev–Trinajstić information content (AvgIpc) is 2.84. The molecule has 0 aliphatic rings. The van der Waals surface area contributed by atoms with E-state index in [1.54, 1.807) is 20.8 Å². The molecule has 1 aromatic rings. The summed E-state index contributed by atoms with van der Waals surface area (Å²) in [6, 6.07) is 0. The minimum Gasteiger partial charge on any atom is -0.465 e. The maximum atomic E-state index is 11.9. The van der Waals surface area contributed by atoms with Crippen LogP contribution in [0.15, 0.2) is 4.52 Å². The van der Waals surface area contributed by atoms with Crippen molar-refractivity contribution in [2.45, 2.75) is 39.0 Å². The van der Waals surface area contributed by atoms with Crippen molar-refractivity contribution in [3.8, 4) is 0 Å². The van der Waals surface area contributed by atoms with Crippen LogP contribution in [-0.2, 0) is 26.1 Å². The van der Waals surface area contributed by atoms with Crippen LogP contribution in [0.2, 0.25) is 0 Å². The number of ether oxygens (including phenoxy) is 2. The molecule has 0 atom stereocenters. The fourth-order valence-corrected chi connectivity index (χ4v) is 1.34. The third kappa shape index (κ3) is 4.52. The zero-order valence-electron chi connectivity index (χ0n) is 11.7. The van der Waals surface area contributed by atoms with E-state index in [9.17, 15) is 13.6 Å². The predicted octanol–water partition coefficient (Wildman–Crippen LogP) is 1.73. The number of nitrogens with zero attached hydrogens (tertiary/aromatic N) is 2. The Hall–Kier alpha value is -1.57. The van der Waals surface area contributed by atoms with E-state index in [1.165, 1.54) is 0 Å². The molecule has 8 heteroatoms. The van der Waals surface area contributed by atoms with Crippen molar-refractivity contribution >= 4 is 5.97 Å². The van der Waals surface area contributed by atoms with Gasteiger partial charge in [-0.1, -0.05) is 5.16 Å². The van der Waals surface area contributed by atoms with Crippen LogP contribution >= 0.6 is 0 Å². The van der Waals surface area contributed by atoms with Crippen LogP contribution in [0.3, 0.4) is 0 Å². The van der Waals surface area contributed by atoms with Crippen molar-refractivity contribution in [1.29, 1.82) is 0 Å². The lowest BCUT2D eigenvalue weighted by atomic mass is 9.94. The fourth-order valence-electron chi connectivity index (χ4n) is 1.34. The average molecular weight is 292 g/mol. The second kappa shape index (κ2) is 7.28. The summed E-state index contributed by atoms with van der Waals surface area (Å²) in [6.45, 7) is 4.60. The summed E-state index contributed by atoms with van der Waals surface area (Å²) in [4.78, 5) is 15.8. The molecule has 0 aliphatic heterocycles. The van der Waals surface area contributed by atoms with Crippen LogP contribution < -0.4 is 0 Å². The van der Waals surface area contributed by atoms with Crippen molar-refractivity contribution < 1.29 is 27.6 Å². The van der Waals surface area contributed by atoms with Crippen LogP contribution in [-0.4, -0.2) is 42.4 Å². The first-order chi connectivity index (χ1) is 9.37. The molecule has 0 fully saturated rings. The Bertz CT molecular complexity index is 435. The number of hydrogen-bond acceptors (Lipinski definition) is 6. The van der Waals surface area contributed by atoms with Gasteiger partial charge < -0.3 is 14.0 Å². The monoisotopic (exact) mass is 292 g/mol. The topological polar surface area (TPSA) is 74.5 Å². The summed E-state index contributed by atoms with van der Waals surface area (Å²) >= 11 is 0. The highest BCUT2D eigenvalue weighted by atomic mass is 19.3. The van der Waals surface area contributed by atoms with E-state index < -0.39 is 24.4 Å². The second-order valence-corrected chi connectivity index (χ2v) is 4.58. The van der Waals surface area contributed by atoms with Gasteiger partial charge in [-0.25, -0.2) is 8.78 Å². The molecule has 0 amide bonds. The normalized spacial score (nSPS) is 11.9. The molecule has 0 aliphatic carbocycles. The minimum absolute atomic E-state index is 0.0587. The molecule has 0 N–H and O–H groups in total. The van der Waals surface area contributed by atoms with E-state index in [1.807, 2.05) is 0 Å². The highest BCUT2D eigenvalue weighted by Crippen LogP contribution is 2.23. The summed E-state index contributed by atoms with van der Waals surface area (Å²) < 4.78 is 38.4. The minimum atomic E-state index is -2.50. The zero-order chi connectivity index (χ0) is 15.2. The molecule has 0 saturated heterocycles. The van der Waals surface area contributed by atoms with Crippen LogP contribution in [0.4, 0.5) is 8.78 Å². The number of esters is 1. The smallest absolute Gasteiger partial charge is 0.321 e. The lowest BCUT2D eigenvalue weighted by Crippen LogP contribution is -2.31. The standard InChI is InChI=1S/C12H18F2N2O4/c1-4-19-11(17)12(2,3)10-15-9(16-20-10)5-6-18-7-8(13)14/h8H,4-7H2,1-3H3. The van der Waals surface area contributed by atoms with Crippen molar-refractivity contribution in [3.05, 3.63) is 11.7 Å². The Kier molecular flexibility index (Phi) is 6.00. The van der Waals surface area contributed by atoms with Crippen molar-refractivity contribution in [1.82, 2.24) is 10.1 Å². The molecule has 20 heavy (non-hydrogen) atoms. The maximum Gasteiger partial charge on any atom is 0.321 e. The fraction of sp³-hybridized carbons (Fsp3) is 0.750. The molecule has 0 aromatic carbocycles. The van der Waals surface area contributed by atoms with E-state index in [0.29, 0.717) is 5.82 Å². The van der Waals surface area contributed by atoms with Gasteiger partial charge in [0.1, 0.15) is 12.0 Å². The molecule has 0 bridgehead atoms. The number of rotatable bonds is 8. The molecule has 0 unspecified atom stereocenters. The third-order valence-electron chi connectivity index (χ3n) is 2.50.